The third-order valence-corrected chi connectivity index (χ3v) is 7.79. The number of carbonyl (C=O) groups is 1. The van der Waals surface area contributed by atoms with E-state index in [0.717, 1.165) is 0 Å². The molecular formula is C14H18F6O8S2. The van der Waals surface area contributed by atoms with E-state index in [4.69, 9.17) is 4.74 Å². The van der Waals surface area contributed by atoms with Crippen LogP contribution >= 0.6 is 0 Å². The molecule has 0 aromatic heterocycles. The second-order valence-electron chi connectivity index (χ2n) is 5.73. The number of halogens is 6. The first-order valence-electron chi connectivity index (χ1n) is 7.66. The van der Waals surface area contributed by atoms with Crippen LogP contribution < -0.4 is 0 Å². The van der Waals surface area contributed by atoms with Gasteiger partial charge in [0, 0.05) is 6.42 Å². The summed E-state index contributed by atoms with van der Waals surface area (Å²) in [4.78, 5) is 11.4. The van der Waals surface area contributed by atoms with Crippen LogP contribution in [-0.2, 0) is 33.9 Å². The SMILES string of the molecule is C=C(C)C(=C)OCCOC(=O)OC(C)CC(S(=O)(=O)C(F)(F)F)S(=O)(=O)C(F)(F)F. The van der Waals surface area contributed by atoms with Gasteiger partial charge >= 0.3 is 17.2 Å². The molecule has 0 saturated heterocycles. The predicted molar refractivity (Wildman–Crippen MR) is 90.2 cm³/mol. The van der Waals surface area contributed by atoms with E-state index in [2.05, 4.69) is 22.6 Å². The summed E-state index contributed by atoms with van der Waals surface area (Å²) in [5.41, 5.74) is -12.2. The van der Waals surface area contributed by atoms with Gasteiger partial charge in [0.2, 0.25) is 0 Å². The lowest BCUT2D eigenvalue weighted by Crippen LogP contribution is -2.46. The molecule has 0 rings (SSSR count). The molecule has 0 aliphatic rings. The largest absolute Gasteiger partial charge is 0.508 e. The fourth-order valence-corrected chi connectivity index (χ4v) is 5.28. The molecule has 8 nitrogen and oxygen atoms in total. The second kappa shape index (κ2) is 9.89. The highest BCUT2D eigenvalue weighted by Gasteiger charge is 2.63. The Bertz CT molecular complexity index is 814. The standard InChI is InChI=1S/C14H18F6O8S2/c1-8(2)10(4)26-5-6-27-12(21)28-9(3)7-11(29(22,23)13(15,16)17)30(24,25)14(18,19)20/h9,11H,1,4-7H2,2-3H3. The summed E-state index contributed by atoms with van der Waals surface area (Å²) in [6.07, 6.45) is -5.47. The molecule has 0 fully saturated rings. The summed E-state index contributed by atoms with van der Waals surface area (Å²) in [5, 5.41) is 0. The maximum Gasteiger partial charge on any atom is 0.508 e. The molecular weight excluding hydrogens is 474 g/mol. The van der Waals surface area contributed by atoms with Gasteiger partial charge in [0.05, 0.1) is 0 Å². The first kappa shape index (κ1) is 28.0. The quantitative estimate of drug-likeness (QED) is 0.150. The number of ether oxygens (including phenoxy) is 3. The fraction of sp³-hybridized carbons (Fsp3) is 0.643. The highest BCUT2D eigenvalue weighted by molar-refractivity contribution is 8.09. The average Bonchev–Trinajstić information content (AvgIpc) is 2.53. The highest BCUT2D eigenvalue weighted by Crippen LogP contribution is 2.38. The molecule has 16 heteroatoms. The summed E-state index contributed by atoms with van der Waals surface area (Å²) in [5.74, 6) is 0.151. The van der Waals surface area contributed by atoms with Gasteiger partial charge in [0.15, 0.2) is 4.58 Å². The van der Waals surface area contributed by atoms with Crippen LogP contribution in [0.1, 0.15) is 20.3 Å². The maximum atomic E-state index is 12.7. The van der Waals surface area contributed by atoms with Crippen LogP contribution in [0.15, 0.2) is 24.5 Å². The number of alkyl halides is 6. The van der Waals surface area contributed by atoms with Crippen molar-refractivity contribution >= 4 is 25.8 Å². The van der Waals surface area contributed by atoms with Gasteiger partial charge in [-0.2, -0.15) is 26.3 Å². The lowest BCUT2D eigenvalue weighted by molar-refractivity contribution is -0.0478. The van der Waals surface area contributed by atoms with Gasteiger partial charge in [0.25, 0.3) is 19.7 Å². The Hall–Kier alpha value is -1.97. The Morgan fingerprint density at radius 2 is 1.30 bits per heavy atom. The predicted octanol–water partition coefficient (Wildman–Crippen LogP) is 3.22. The van der Waals surface area contributed by atoms with E-state index in [9.17, 15) is 48.0 Å². The second-order valence-corrected chi connectivity index (χ2v) is 10.3. The molecule has 0 spiro atoms. The molecule has 1 atom stereocenters. The van der Waals surface area contributed by atoms with Crippen molar-refractivity contribution in [2.24, 2.45) is 0 Å². The van der Waals surface area contributed by atoms with Crippen molar-refractivity contribution in [3.05, 3.63) is 24.5 Å². The van der Waals surface area contributed by atoms with Crippen molar-refractivity contribution in [1.29, 1.82) is 0 Å². The van der Waals surface area contributed by atoms with Gasteiger partial charge < -0.3 is 14.2 Å². The fourth-order valence-electron chi connectivity index (χ4n) is 1.65. The smallest absolute Gasteiger partial charge is 0.490 e. The summed E-state index contributed by atoms with van der Waals surface area (Å²) in [7, 11) is -13.7. The zero-order valence-electron chi connectivity index (χ0n) is 15.5. The van der Waals surface area contributed by atoms with Crippen LogP contribution in [0.2, 0.25) is 0 Å². The van der Waals surface area contributed by atoms with Crippen molar-refractivity contribution in [2.45, 2.75) is 42.0 Å². The molecule has 0 aliphatic carbocycles. The first-order valence-corrected chi connectivity index (χ1v) is 10.8. The molecule has 30 heavy (non-hydrogen) atoms. The minimum atomic E-state index is -6.83. The molecule has 176 valence electrons. The van der Waals surface area contributed by atoms with Gasteiger partial charge in [-0.3, -0.25) is 0 Å². The van der Waals surface area contributed by atoms with E-state index >= 15 is 0 Å². The minimum absolute atomic E-state index is 0.151. The zero-order chi connectivity index (χ0) is 24.1. The van der Waals surface area contributed by atoms with E-state index in [0.29, 0.717) is 12.5 Å². The molecule has 0 heterocycles. The van der Waals surface area contributed by atoms with Crippen LogP contribution in [0.5, 0.6) is 0 Å². The Labute approximate surface area is 168 Å². The Morgan fingerprint density at radius 3 is 1.67 bits per heavy atom. The van der Waals surface area contributed by atoms with Crippen molar-refractivity contribution in [1.82, 2.24) is 0 Å². The third-order valence-electron chi connectivity index (χ3n) is 3.21. The number of sulfone groups is 2. The molecule has 0 bridgehead atoms. The Kier molecular flexibility index (Phi) is 9.24. The summed E-state index contributed by atoms with van der Waals surface area (Å²) in [6, 6.07) is 0. The zero-order valence-corrected chi connectivity index (χ0v) is 17.2. The van der Waals surface area contributed by atoms with Gasteiger partial charge in [-0.05, 0) is 19.4 Å². The molecule has 0 aromatic carbocycles. The number of carbonyl (C=O) groups excluding carboxylic acids is 1. The molecule has 0 saturated carbocycles. The van der Waals surface area contributed by atoms with Crippen molar-refractivity contribution in [3.63, 3.8) is 0 Å². The molecule has 0 N–H and O–H groups in total. The number of allylic oxidation sites excluding steroid dienone is 1. The van der Waals surface area contributed by atoms with Gasteiger partial charge in [-0.1, -0.05) is 13.2 Å². The first-order chi connectivity index (χ1) is 13.2. The summed E-state index contributed by atoms with van der Waals surface area (Å²) < 4.78 is 131. The monoisotopic (exact) mass is 492 g/mol. The van der Waals surface area contributed by atoms with Crippen molar-refractivity contribution in [3.8, 4) is 0 Å². The van der Waals surface area contributed by atoms with Crippen LogP contribution in [-0.4, -0.2) is 57.9 Å². The van der Waals surface area contributed by atoms with E-state index in [1.165, 1.54) is 0 Å². The molecule has 0 aromatic rings. The highest BCUT2D eigenvalue weighted by atomic mass is 32.3. The number of hydrogen-bond acceptors (Lipinski definition) is 8. The molecule has 1 unspecified atom stereocenters. The minimum Gasteiger partial charge on any atom is -0.490 e. The van der Waals surface area contributed by atoms with E-state index in [1.807, 2.05) is 0 Å². The van der Waals surface area contributed by atoms with Crippen LogP contribution in [0.4, 0.5) is 31.1 Å². The van der Waals surface area contributed by atoms with Crippen LogP contribution in [0.25, 0.3) is 0 Å². The summed E-state index contributed by atoms with van der Waals surface area (Å²) in [6.45, 7) is 8.44. The van der Waals surface area contributed by atoms with E-state index in [1.54, 1.807) is 6.92 Å². The van der Waals surface area contributed by atoms with Gasteiger partial charge in [-0.25, -0.2) is 21.6 Å². The van der Waals surface area contributed by atoms with E-state index in [-0.39, 0.29) is 12.4 Å². The Balaban J connectivity index is 5.25. The topological polar surface area (TPSA) is 113 Å². The van der Waals surface area contributed by atoms with Gasteiger partial charge in [0.1, 0.15) is 25.1 Å². The maximum absolute atomic E-state index is 12.7. The molecule has 0 radical (unpaired) electrons. The lowest BCUT2D eigenvalue weighted by atomic mass is 10.3. The number of hydrogen-bond donors (Lipinski definition) is 0. The van der Waals surface area contributed by atoms with Crippen molar-refractivity contribution < 1.29 is 62.2 Å². The van der Waals surface area contributed by atoms with Gasteiger partial charge in [-0.15, -0.1) is 0 Å². The lowest BCUT2D eigenvalue weighted by Gasteiger charge is -2.23. The normalized spacial score (nSPS) is 14.2. The van der Waals surface area contributed by atoms with Crippen molar-refractivity contribution in [2.75, 3.05) is 13.2 Å². The van der Waals surface area contributed by atoms with Crippen LogP contribution in [0.3, 0.4) is 0 Å². The number of rotatable bonds is 10. The average molecular weight is 492 g/mol. The molecule has 0 aliphatic heterocycles. The van der Waals surface area contributed by atoms with E-state index < -0.39 is 60.6 Å². The molecule has 0 amide bonds. The Morgan fingerprint density at radius 1 is 0.900 bits per heavy atom. The summed E-state index contributed by atoms with van der Waals surface area (Å²) >= 11 is 0. The third kappa shape index (κ3) is 7.37. The van der Waals surface area contributed by atoms with Crippen LogP contribution in [0, 0.1) is 0 Å².